The van der Waals surface area contributed by atoms with Gasteiger partial charge >= 0.3 is 0 Å². The Labute approximate surface area is 103 Å². The van der Waals surface area contributed by atoms with Gasteiger partial charge < -0.3 is 20.7 Å². The zero-order valence-corrected chi connectivity index (χ0v) is 9.86. The Morgan fingerprint density at radius 2 is 2.11 bits per heavy atom. The summed E-state index contributed by atoms with van der Waals surface area (Å²) in [6.07, 6.45) is -1.64. The number of nitrogen functional groups attached to an aromatic ring is 1. The summed E-state index contributed by atoms with van der Waals surface area (Å²) in [7, 11) is 0. The molecule has 0 spiro atoms. The van der Waals surface area contributed by atoms with Crippen molar-refractivity contribution in [1.82, 2.24) is 0 Å². The van der Waals surface area contributed by atoms with Crippen molar-refractivity contribution in [3.8, 4) is 0 Å². The summed E-state index contributed by atoms with van der Waals surface area (Å²) in [6, 6.07) is 1.85. The van der Waals surface area contributed by atoms with Gasteiger partial charge in [0.2, 0.25) is 0 Å². The largest absolute Gasteiger partial charge is 0.396 e. The van der Waals surface area contributed by atoms with Crippen molar-refractivity contribution in [2.45, 2.75) is 31.2 Å². The molecule has 1 aliphatic heterocycles. The Morgan fingerprint density at radius 1 is 1.44 bits per heavy atom. The lowest BCUT2D eigenvalue weighted by molar-refractivity contribution is -0.0999. The first-order chi connectivity index (χ1) is 8.37. The lowest BCUT2D eigenvalue weighted by Gasteiger charge is -2.25. The molecule has 0 amide bonds. The monoisotopic (exact) mass is 259 g/mol. The first-order valence-electron chi connectivity index (χ1n) is 5.58. The van der Waals surface area contributed by atoms with Gasteiger partial charge in [-0.25, -0.2) is 8.78 Å². The second-order valence-corrected chi connectivity index (χ2v) is 4.72. The van der Waals surface area contributed by atoms with Crippen LogP contribution in [0.1, 0.15) is 25.0 Å². The number of benzene rings is 1. The Kier molecular flexibility index (Phi) is 3.27. The van der Waals surface area contributed by atoms with Crippen molar-refractivity contribution < 1.29 is 23.7 Å². The second-order valence-electron chi connectivity index (χ2n) is 4.72. The van der Waals surface area contributed by atoms with E-state index in [0.717, 1.165) is 12.1 Å². The van der Waals surface area contributed by atoms with Crippen molar-refractivity contribution in [3.63, 3.8) is 0 Å². The summed E-state index contributed by atoms with van der Waals surface area (Å²) in [5.41, 5.74) is 3.81. The van der Waals surface area contributed by atoms with Crippen molar-refractivity contribution in [2.75, 3.05) is 12.3 Å². The average Bonchev–Trinajstić information content (AvgIpc) is 2.61. The molecule has 2 rings (SSSR count). The minimum Gasteiger partial charge on any atom is -0.396 e. The van der Waals surface area contributed by atoms with Gasteiger partial charge in [0.25, 0.3) is 0 Å². The predicted molar refractivity (Wildman–Crippen MR) is 60.7 cm³/mol. The number of hydrogen-bond donors (Lipinski definition) is 3. The number of aliphatic hydroxyl groups excluding tert-OH is 2. The van der Waals surface area contributed by atoms with E-state index in [1.165, 1.54) is 6.92 Å². The molecule has 1 saturated heterocycles. The molecule has 1 fully saturated rings. The number of rotatable bonds is 2. The topological polar surface area (TPSA) is 75.7 Å². The molecule has 0 bridgehead atoms. The van der Waals surface area contributed by atoms with E-state index in [9.17, 15) is 13.9 Å². The molecule has 0 unspecified atom stereocenters. The van der Waals surface area contributed by atoms with Crippen LogP contribution in [0.4, 0.5) is 14.5 Å². The SMILES string of the molecule is C[C@@]1(CO)O[C@H](c2cc(F)c(N)cc2F)C[C@@H]1O. The quantitative estimate of drug-likeness (QED) is 0.696. The Balaban J connectivity index is 2.32. The van der Waals surface area contributed by atoms with E-state index in [4.69, 9.17) is 15.6 Å². The number of ether oxygens (including phenoxy) is 1. The first-order valence-corrected chi connectivity index (χ1v) is 5.58. The van der Waals surface area contributed by atoms with Crippen LogP contribution in [0.2, 0.25) is 0 Å². The standard InChI is InChI=1S/C12H15F2NO3/c1-12(5-16)11(17)4-10(18-12)6-2-8(14)9(15)3-7(6)13/h2-3,10-11,16-17H,4-5,15H2,1H3/t10-,11-,12-/m0/s1. The maximum atomic E-state index is 13.7. The fourth-order valence-corrected chi connectivity index (χ4v) is 2.06. The highest BCUT2D eigenvalue weighted by Gasteiger charge is 2.45. The van der Waals surface area contributed by atoms with E-state index >= 15 is 0 Å². The molecule has 0 aromatic heterocycles. The van der Waals surface area contributed by atoms with E-state index < -0.39 is 36.1 Å². The first kappa shape index (κ1) is 13.2. The number of anilines is 1. The summed E-state index contributed by atoms with van der Waals surface area (Å²) >= 11 is 0. The minimum absolute atomic E-state index is 0.00192. The molecule has 3 atom stereocenters. The summed E-state index contributed by atoms with van der Waals surface area (Å²) in [4.78, 5) is 0. The van der Waals surface area contributed by atoms with Gasteiger partial charge in [-0.05, 0) is 13.0 Å². The van der Waals surface area contributed by atoms with E-state index in [-0.39, 0.29) is 17.7 Å². The summed E-state index contributed by atoms with van der Waals surface area (Å²) in [6.45, 7) is 1.12. The highest BCUT2D eigenvalue weighted by atomic mass is 19.1. The maximum Gasteiger partial charge on any atom is 0.146 e. The number of nitrogens with two attached hydrogens (primary N) is 1. The highest BCUT2D eigenvalue weighted by molar-refractivity contribution is 5.43. The third kappa shape index (κ3) is 2.07. The fourth-order valence-electron chi connectivity index (χ4n) is 2.06. The summed E-state index contributed by atoms with van der Waals surface area (Å²) < 4.78 is 32.4. The molecule has 6 heteroatoms. The second kappa shape index (κ2) is 4.46. The molecule has 1 aromatic rings. The van der Waals surface area contributed by atoms with Crippen LogP contribution >= 0.6 is 0 Å². The molecule has 4 N–H and O–H groups in total. The maximum absolute atomic E-state index is 13.7. The molecule has 1 aliphatic rings. The smallest absolute Gasteiger partial charge is 0.146 e. The number of aliphatic hydroxyl groups is 2. The van der Waals surface area contributed by atoms with Crippen molar-refractivity contribution in [3.05, 3.63) is 29.3 Å². The van der Waals surface area contributed by atoms with Gasteiger partial charge in [0.15, 0.2) is 0 Å². The van der Waals surface area contributed by atoms with E-state index in [2.05, 4.69) is 0 Å². The third-order valence-corrected chi connectivity index (χ3v) is 3.33. The van der Waals surface area contributed by atoms with Crippen molar-refractivity contribution in [1.29, 1.82) is 0 Å². The van der Waals surface area contributed by atoms with Crippen LogP contribution in [-0.2, 0) is 4.74 Å². The molecular formula is C12H15F2NO3. The van der Waals surface area contributed by atoms with Gasteiger partial charge in [-0.3, -0.25) is 0 Å². The van der Waals surface area contributed by atoms with Crippen LogP contribution < -0.4 is 5.73 Å². The molecule has 18 heavy (non-hydrogen) atoms. The molecule has 4 nitrogen and oxygen atoms in total. The number of hydrogen-bond acceptors (Lipinski definition) is 4. The molecule has 100 valence electrons. The predicted octanol–water partition coefficient (Wildman–Crippen LogP) is 1.12. The molecule has 0 radical (unpaired) electrons. The Morgan fingerprint density at radius 3 is 2.67 bits per heavy atom. The minimum atomic E-state index is -1.16. The van der Waals surface area contributed by atoms with E-state index in [0.29, 0.717) is 0 Å². The van der Waals surface area contributed by atoms with Gasteiger partial charge in [0.05, 0.1) is 24.5 Å². The average molecular weight is 259 g/mol. The van der Waals surface area contributed by atoms with Crippen LogP contribution in [0.5, 0.6) is 0 Å². The molecular weight excluding hydrogens is 244 g/mol. The number of halogens is 2. The molecule has 0 saturated carbocycles. The van der Waals surface area contributed by atoms with Gasteiger partial charge in [-0.15, -0.1) is 0 Å². The van der Waals surface area contributed by atoms with Crippen molar-refractivity contribution in [2.24, 2.45) is 0 Å². The van der Waals surface area contributed by atoms with Crippen LogP contribution in [-0.4, -0.2) is 28.5 Å². The lowest BCUT2D eigenvalue weighted by atomic mass is 9.98. The lowest BCUT2D eigenvalue weighted by Crippen LogP contribution is -2.39. The fraction of sp³-hybridized carbons (Fsp3) is 0.500. The van der Waals surface area contributed by atoms with Gasteiger partial charge in [-0.1, -0.05) is 0 Å². The van der Waals surface area contributed by atoms with Crippen molar-refractivity contribution >= 4 is 5.69 Å². The van der Waals surface area contributed by atoms with Crippen LogP contribution in [0.25, 0.3) is 0 Å². The van der Waals surface area contributed by atoms with E-state index in [1.807, 2.05) is 0 Å². The molecule has 0 aliphatic carbocycles. The van der Waals surface area contributed by atoms with Crippen LogP contribution in [0, 0.1) is 11.6 Å². The summed E-state index contributed by atoms with van der Waals surface area (Å²) in [5, 5.41) is 18.9. The van der Waals surface area contributed by atoms with Gasteiger partial charge in [0.1, 0.15) is 17.2 Å². The Hall–Kier alpha value is -1.24. The van der Waals surface area contributed by atoms with Crippen LogP contribution in [0.3, 0.4) is 0 Å². The highest BCUT2D eigenvalue weighted by Crippen LogP contribution is 2.40. The van der Waals surface area contributed by atoms with Gasteiger partial charge in [0, 0.05) is 18.1 Å². The third-order valence-electron chi connectivity index (χ3n) is 3.33. The zero-order chi connectivity index (χ0) is 13.5. The van der Waals surface area contributed by atoms with E-state index in [1.54, 1.807) is 0 Å². The molecule has 1 aromatic carbocycles. The van der Waals surface area contributed by atoms with Crippen LogP contribution in [0.15, 0.2) is 12.1 Å². The van der Waals surface area contributed by atoms with Gasteiger partial charge in [-0.2, -0.15) is 0 Å². The summed E-state index contributed by atoms with van der Waals surface area (Å²) in [5.74, 6) is -1.42. The normalized spacial score (nSPS) is 31.8. The zero-order valence-electron chi connectivity index (χ0n) is 9.86. The Bertz CT molecular complexity index is 469. The molecule has 1 heterocycles.